The molecule has 1 amide bonds. The number of morpholine rings is 1. The van der Waals surface area contributed by atoms with Gasteiger partial charge in [-0.3, -0.25) is 14.8 Å². The van der Waals surface area contributed by atoms with Crippen molar-refractivity contribution >= 4 is 17.2 Å². The van der Waals surface area contributed by atoms with Crippen LogP contribution in [0.4, 0.5) is 0 Å². The SMILES string of the molecule is CCc1nc(C2CN(CC(=O)NCc3ccc(C)s3)CCO2)n[nH]1. The first-order chi connectivity index (χ1) is 11.6. The third-order valence-electron chi connectivity index (χ3n) is 3.95. The molecule has 1 unspecified atom stereocenters. The summed E-state index contributed by atoms with van der Waals surface area (Å²) in [6, 6.07) is 4.12. The molecule has 3 heterocycles. The molecule has 2 aromatic rings. The molecule has 1 fully saturated rings. The van der Waals surface area contributed by atoms with Gasteiger partial charge in [-0.15, -0.1) is 11.3 Å². The second-order valence-electron chi connectivity index (χ2n) is 5.88. The number of nitrogens with zero attached hydrogens (tertiary/aromatic N) is 3. The van der Waals surface area contributed by atoms with E-state index >= 15 is 0 Å². The molecule has 24 heavy (non-hydrogen) atoms. The van der Waals surface area contributed by atoms with E-state index in [4.69, 9.17) is 4.74 Å². The smallest absolute Gasteiger partial charge is 0.234 e. The maximum Gasteiger partial charge on any atom is 0.234 e. The molecular weight excluding hydrogens is 326 g/mol. The van der Waals surface area contributed by atoms with E-state index in [0.717, 1.165) is 18.8 Å². The first-order valence-corrected chi connectivity index (χ1v) is 9.03. The highest BCUT2D eigenvalue weighted by Crippen LogP contribution is 2.19. The third kappa shape index (κ3) is 4.40. The summed E-state index contributed by atoms with van der Waals surface area (Å²) in [6.07, 6.45) is 0.636. The van der Waals surface area contributed by atoms with Gasteiger partial charge in [-0.05, 0) is 19.1 Å². The monoisotopic (exact) mass is 349 g/mol. The number of aromatic amines is 1. The number of nitrogens with one attached hydrogen (secondary N) is 2. The second-order valence-corrected chi connectivity index (χ2v) is 7.25. The van der Waals surface area contributed by atoms with Crippen molar-refractivity contribution in [3.05, 3.63) is 33.5 Å². The Balaban J connectivity index is 1.48. The van der Waals surface area contributed by atoms with Gasteiger partial charge in [-0.2, -0.15) is 5.10 Å². The quantitative estimate of drug-likeness (QED) is 0.824. The van der Waals surface area contributed by atoms with Crippen LogP contribution in [0.3, 0.4) is 0 Å². The summed E-state index contributed by atoms with van der Waals surface area (Å²) in [7, 11) is 0. The standard InChI is InChI=1S/C16H23N5O2S/c1-3-14-18-16(20-19-14)13-9-21(6-7-23-13)10-15(22)17-8-12-5-4-11(2)24-12/h4-5,13H,3,6-10H2,1-2H3,(H,17,22)(H,18,19,20). The number of aromatic nitrogens is 3. The van der Waals surface area contributed by atoms with E-state index in [1.807, 2.05) is 6.92 Å². The summed E-state index contributed by atoms with van der Waals surface area (Å²) in [5.74, 6) is 1.56. The first-order valence-electron chi connectivity index (χ1n) is 8.21. The van der Waals surface area contributed by atoms with E-state index < -0.39 is 0 Å². The number of rotatable bonds is 6. The topological polar surface area (TPSA) is 83.1 Å². The Hall–Kier alpha value is -1.77. The molecular formula is C16H23N5O2S. The van der Waals surface area contributed by atoms with E-state index in [-0.39, 0.29) is 12.0 Å². The van der Waals surface area contributed by atoms with Crippen molar-refractivity contribution in [1.29, 1.82) is 0 Å². The number of H-pyrrole nitrogens is 1. The van der Waals surface area contributed by atoms with Crippen LogP contribution in [-0.2, 0) is 22.5 Å². The molecule has 1 atom stereocenters. The number of hydrogen-bond donors (Lipinski definition) is 2. The molecule has 0 bridgehead atoms. The van der Waals surface area contributed by atoms with Gasteiger partial charge in [0.25, 0.3) is 0 Å². The Morgan fingerprint density at radius 3 is 3.12 bits per heavy atom. The lowest BCUT2D eigenvalue weighted by molar-refractivity contribution is -0.124. The van der Waals surface area contributed by atoms with Crippen molar-refractivity contribution in [3.8, 4) is 0 Å². The summed E-state index contributed by atoms with van der Waals surface area (Å²) < 4.78 is 5.75. The highest BCUT2D eigenvalue weighted by molar-refractivity contribution is 7.11. The number of thiophene rings is 1. The van der Waals surface area contributed by atoms with E-state index in [1.54, 1.807) is 11.3 Å². The third-order valence-corrected chi connectivity index (χ3v) is 4.95. The van der Waals surface area contributed by atoms with Crippen molar-refractivity contribution in [2.75, 3.05) is 26.2 Å². The molecule has 130 valence electrons. The van der Waals surface area contributed by atoms with Crippen LogP contribution in [0.15, 0.2) is 12.1 Å². The van der Waals surface area contributed by atoms with Crippen LogP contribution in [0, 0.1) is 6.92 Å². The molecule has 0 spiro atoms. The Morgan fingerprint density at radius 2 is 2.42 bits per heavy atom. The van der Waals surface area contributed by atoms with Crippen LogP contribution in [-0.4, -0.2) is 52.2 Å². The molecule has 2 N–H and O–H groups in total. The van der Waals surface area contributed by atoms with E-state index in [2.05, 4.69) is 44.5 Å². The van der Waals surface area contributed by atoms with Gasteiger partial charge >= 0.3 is 0 Å². The zero-order valence-electron chi connectivity index (χ0n) is 14.0. The number of ether oxygens (including phenoxy) is 1. The summed E-state index contributed by atoms with van der Waals surface area (Å²) in [5, 5.41) is 10.1. The summed E-state index contributed by atoms with van der Waals surface area (Å²) >= 11 is 1.71. The fraction of sp³-hybridized carbons (Fsp3) is 0.562. The molecule has 0 radical (unpaired) electrons. The predicted molar refractivity (Wildman–Crippen MR) is 91.8 cm³/mol. The van der Waals surface area contributed by atoms with Crippen molar-refractivity contribution in [1.82, 2.24) is 25.4 Å². The van der Waals surface area contributed by atoms with E-state index in [0.29, 0.717) is 32.1 Å². The molecule has 3 rings (SSSR count). The Bertz CT molecular complexity index is 684. The van der Waals surface area contributed by atoms with Gasteiger partial charge < -0.3 is 10.1 Å². The summed E-state index contributed by atoms with van der Waals surface area (Å²) in [5.41, 5.74) is 0. The number of hydrogen-bond acceptors (Lipinski definition) is 6. The first kappa shape index (κ1) is 17.1. The van der Waals surface area contributed by atoms with Gasteiger partial charge in [0.15, 0.2) is 5.82 Å². The zero-order chi connectivity index (χ0) is 16.9. The average molecular weight is 349 g/mol. The van der Waals surface area contributed by atoms with Crippen LogP contribution >= 0.6 is 11.3 Å². The number of amides is 1. The number of aryl methyl sites for hydroxylation is 2. The zero-order valence-corrected chi connectivity index (χ0v) is 14.9. The molecule has 0 aliphatic carbocycles. The fourth-order valence-electron chi connectivity index (χ4n) is 2.64. The van der Waals surface area contributed by atoms with Crippen molar-refractivity contribution < 1.29 is 9.53 Å². The Morgan fingerprint density at radius 1 is 1.54 bits per heavy atom. The van der Waals surface area contributed by atoms with Crippen LogP contribution in [0.25, 0.3) is 0 Å². The predicted octanol–water partition coefficient (Wildman–Crippen LogP) is 1.43. The van der Waals surface area contributed by atoms with Gasteiger partial charge in [0.2, 0.25) is 5.91 Å². The van der Waals surface area contributed by atoms with Gasteiger partial charge in [0.1, 0.15) is 11.9 Å². The molecule has 0 saturated carbocycles. The van der Waals surface area contributed by atoms with Gasteiger partial charge in [-0.25, -0.2) is 4.98 Å². The minimum Gasteiger partial charge on any atom is -0.367 e. The van der Waals surface area contributed by atoms with E-state index in [9.17, 15) is 4.79 Å². The lowest BCUT2D eigenvalue weighted by Crippen LogP contribution is -2.44. The van der Waals surface area contributed by atoms with Crippen molar-refractivity contribution in [3.63, 3.8) is 0 Å². The maximum absolute atomic E-state index is 12.2. The average Bonchev–Trinajstić information content (AvgIpc) is 3.22. The van der Waals surface area contributed by atoms with Crippen LogP contribution in [0.1, 0.15) is 34.4 Å². The Labute approximate surface area is 145 Å². The van der Waals surface area contributed by atoms with Crippen molar-refractivity contribution in [2.45, 2.75) is 32.9 Å². The molecule has 7 nitrogen and oxygen atoms in total. The largest absolute Gasteiger partial charge is 0.367 e. The highest BCUT2D eigenvalue weighted by Gasteiger charge is 2.26. The van der Waals surface area contributed by atoms with Crippen LogP contribution in [0.2, 0.25) is 0 Å². The minimum absolute atomic E-state index is 0.0333. The van der Waals surface area contributed by atoms with Crippen LogP contribution < -0.4 is 5.32 Å². The molecule has 1 saturated heterocycles. The molecule has 8 heteroatoms. The lowest BCUT2D eigenvalue weighted by Gasteiger charge is -2.30. The normalized spacial score (nSPS) is 18.7. The van der Waals surface area contributed by atoms with E-state index in [1.165, 1.54) is 9.75 Å². The summed E-state index contributed by atoms with van der Waals surface area (Å²) in [4.78, 5) is 21.1. The van der Waals surface area contributed by atoms with Crippen LogP contribution in [0.5, 0.6) is 0 Å². The summed E-state index contributed by atoms with van der Waals surface area (Å²) in [6.45, 7) is 7.01. The molecule has 0 aromatic carbocycles. The minimum atomic E-state index is -0.178. The molecule has 2 aromatic heterocycles. The van der Waals surface area contributed by atoms with Gasteiger partial charge in [0.05, 0.1) is 19.7 Å². The number of carbonyl (C=O) groups excluding carboxylic acids is 1. The molecule has 1 aliphatic rings. The van der Waals surface area contributed by atoms with Gasteiger partial charge in [-0.1, -0.05) is 6.92 Å². The fourth-order valence-corrected chi connectivity index (χ4v) is 3.47. The molecule has 1 aliphatic heterocycles. The second kappa shape index (κ2) is 7.87. The highest BCUT2D eigenvalue weighted by atomic mass is 32.1. The maximum atomic E-state index is 12.2. The number of carbonyl (C=O) groups is 1. The van der Waals surface area contributed by atoms with Gasteiger partial charge in [0, 0.05) is 29.3 Å². The Kier molecular flexibility index (Phi) is 5.60. The van der Waals surface area contributed by atoms with Crippen molar-refractivity contribution in [2.24, 2.45) is 0 Å². The lowest BCUT2D eigenvalue weighted by atomic mass is 10.2.